The SMILES string of the molecule is Cn1cc(-c2cnc(N)c(C(=O)NC3CCN(C(=O)c4ccc5ccccc5c4)C3)c2)cn1. The van der Waals surface area contributed by atoms with Crippen molar-refractivity contribution in [2.75, 3.05) is 18.8 Å². The van der Waals surface area contributed by atoms with Crippen LogP contribution in [0, 0.1) is 0 Å². The number of nitrogens with zero attached hydrogens (tertiary/aromatic N) is 4. The van der Waals surface area contributed by atoms with E-state index < -0.39 is 0 Å². The van der Waals surface area contributed by atoms with Crippen molar-refractivity contribution < 1.29 is 9.59 Å². The van der Waals surface area contributed by atoms with Gasteiger partial charge in [0, 0.05) is 55.3 Å². The third kappa shape index (κ3) is 4.15. The number of aryl methyl sites for hydroxylation is 1. The standard InChI is InChI=1S/C25H24N6O2/c1-30-14-20(13-28-30)19-11-22(23(26)27-12-19)24(32)29-21-8-9-31(15-21)25(33)18-7-6-16-4-2-3-5-17(16)10-18/h2-7,10-14,21H,8-9,15H2,1H3,(H2,26,27)(H,29,32). The zero-order valence-electron chi connectivity index (χ0n) is 18.2. The molecule has 5 rings (SSSR count). The molecule has 2 aromatic carbocycles. The molecule has 1 aliphatic heterocycles. The van der Waals surface area contributed by atoms with Crippen molar-refractivity contribution in [1.82, 2.24) is 25.0 Å². The van der Waals surface area contributed by atoms with Gasteiger partial charge in [0.2, 0.25) is 0 Å². The second kappa shape index (κ2) is 8.38. The van der Waals surface area contributed by atoms with Crippen molar-refractivity contribution in [2.24, 2.45) is 7.05 Å². The van der Waals surface area contributed by atoms with Crippen molar-refractivity contribution >= 4 is 28.4 Å². The van der Waals surface area contributed by atoms with Gasteiger partial charge >= 0.3 is 0 Å². The van der Waals surface area contributed by atoms with E-state index in [2.05, 4.69) is 15.4 Å². The monoisotopic (exact) mass is 440 g/mol. The molecule has 8 nitrogen and oxygen atoms in total. The number of carbonyl (C=O) groups excluding carboxylic acids is 2. The van der Waals surface area contributed by atoms with Crippen LogP contribution < -0.4 is 11.1 Å². The van der Waals surface area contributed by atoms with Crippen LogP contribution in [0.5, 0.6) is 0 Å². The van der Waals surface area contributed by atoms with E-state index in [9.17, 15) is 9.59 Å². The summed E-state index contributed by atoms with van der Waals surface area (Å²) in [5, 5.41) is 9.30. The topological polar surface area (TPSA) is 106 Å². The van der Waals surface area contributed by atoms with E-state index in [1.54, 1.807) is 28.0 Å². The Hall–Kier alpha value is -4.20. The highest BCUT2D eigenvalue weighted by Crippen LogP contribution is 2.23. The summed E-state index contributed by atoms with van der Waals surface area (Å²) in [4.78, 5) is 31.9. The number of carbonyl (C=O) groups is 2. The predicted octanol–water partition coefficient (Wildman–Crippen LogP) is 2.86. The molecular weight excluding hydrogens is 416 g/mol. The minimum absolute atomic E-state index is 0.0303. The van der Waals surface area contributed by atoms with Crippen LogP contribution in [0.1, 0.15) is 27.1 Å². The van der Waals surface area contributed by atoms with E-state index in [1.807, 2.05) is 55.7 Å². The highest BCUT2D eigenvalue weighted by molar-refractivity contribution is 6.00. The van der Waals surface area contributed by atoms with E-state index in [1.165, 1.54) is 0 Å². The number of likely N-dealkylation sites (tertiary alicyclic amines) is 1. The molecule has 4 aromatic rings. The van der Waals surface area contributed by atoms with Crippen LogP contribution in [-0.4, -0.2) is 50.6 Å². The lowest BCUT2D eigenvalue weighted by Crippen LogP contribution is -2.38. The number of amides is 2. The fraction of sp³-hybridized carbons (Fsp3) is 0.200. The molecule has 1 unspecified atom stereocenters. The van der Waals surface area contributed by atoms with Crippen LogP contribution >= 0.6 is 0 Å². The van der Waals surface area contributed by atoms with Gasteiger partial charge in [0.05, 0.1) is 11.8 Å². The maximum absolute atomic E-state index is 13.0. The number of hydrogen-bond acceptors (Lipinski definition) is 5. The number of anilines is 1. The smallest absolute Gasteiger partial charge is 0.255 e. The number of pyridine rings is 1. The molecule has 0 bridgehead atoms. The summed E-state index contributed by atoms with van der Waals surface area (Å²) < 4.78 is 1.69. The van der Waals surface area contributed by atoms with Gasteiger partial charge in [-0.15, -0.1) is 0 Å². The summed E-state index contributed by atoms with van der Waals surface area (Å²) in [6.07, 6.45) is 5.87. The molecule has 8 heteroatoms. The fourth-order valence-corrected chi connectivity index (χ4v) is 4.22. The van der Waals surface area contributed by atoms with E-state index in [0.29, 0.717) is 30.6 Å². The lowest BCUT2D eigenvalue weighted by atomic mass is 10.1. The molecule has 0 spiro atoms. The molecular formula is C25H24N6O2. The van der Waals surface area contributed by atoms with Crippen LogP contribution in [0.4, 0.5) is 5.82 Å². The number of aromatic nitrogens is 3. The maximum atomic E-state index is 13.0. The van der Waals surface area contributed by atoms with Gasteiger partial charge in [-0.05, 0) is 35.4 Å². The number of benzene rings is 2. The first-order valence-electron chi connectivity index (χ1n) is 10.8. The van der Waals surface area contributed by atoms with Crippen molar-refractivity contribution in [2.45, 2.75) is 12.5 Å². The average molecular weight is 441 g/mol. The molecule has 166 valence electrons. The first-order valence-corrected chi connectivity index (χ1v) is 10.8. The minimum Gasteiger partial charge on any atom is -0.383 e. The summed E-state index contributed by atoms with van der Waals surface area (Å²) in [5.41, 5.74) is 8.57. The Morgan fingerprint density at radius 1 is 1.06 bits per heavy atom. The molecule has 1 fully saturated rings. The minimum atomic E-state index is -0.296. The Morgan fingerprint density at radius 2 is 1.88 bits per heavy atom. The number of rotatable bonds is 4. The molecule has 33 heavy (non-hydrogen) atoms. The summed E-state index contributed by atoms with van der Waals surface area (Å²) in [6.45, 7) is 1.03. The van der Waals surface area contributed by atoms with Crippen molar-refractivity contribution in [3.05, 3.63) is 78.2 Å². The highest BCUT2D eigenvalue weighted by atomic mass is 16.2. The van der Waals surface area contributed by atoms with E-state index in [-0.39, 0.29) is 23.7 Å². The van der Waals surface area contributed by atoms with Gasteiger partial charge in [0.15, 0.2) is 0 Å². The molecule has 1 saturated heterocycles. The molecule has 1 atom stereocenters. The Balaban J connectivity index is 1.27. The van der Waals surface area contributed by atoms with Gasteiger partial charge in [0.1, 0.15) is 5.82 Å². The van der Waals surface area contributed by atoms with Gasteiger partial charge in [-0.1, -0.05) is 30.3 Å². The zero-order chi connectivity index (χ0) is 22.9. The molecule has 0 radical (unpaired) electrons. The largest absolute Gasteiger partial charge is 0.383 e. The highest BCUT2D eigenvalue weighted by Gasteiger charge is 2.29. The van der Waals surface area contributed by atoms with Gasteiger partial charge in [-0.25, -0.2) is 4.98 Å². The summed E-state index contributed by atoms with van der Waals surface area (Å²) in [6, 6.07) is 15.3. The molecule has 3 heterocycles. The molecule has 3 N–H and O–H groups in total. The third-order valence-electron chi connectivity index (χ3n) is 6.01. The van der Waals surface area contributed by atoms with E-state index >= 15 is 0 Å². The van der Waals surface area contributed by atoms with Crippen LogP contribution in [-0.2, 0) is 7.05 Å². The number of nitrogens with two attached hydrogens (primary N) is 1. The third-order valence-corrected chi connectivity index (χ3v) is 6.01. The average Bonchev–Trinajstić information content (AvgIpc) is 3.47. The van der Waals surface area contributed by atoms with Crippen LogP contribution in [0.15, 0.2) is 67.1 Å². The first kappa shape index (κ1) is 20.7. The van der Waals surface area contributed by atoms with Crippen molar-refractivity contribution in [3.8, 4) is 11.1 Å². The van der Waals surface area contributed by atoms with Crippen LogP contribution in [0.2, 0.25) is 0 Å². The predicted molar refractivity (Wildman–Crippen MR) is 127 cm³/mol. The van der Waals surface area contributed by atoms with Crippen molar-refractivity contribution in [3.63, 3.8) is 0 Å². The fourth-order valence-electron chi connectivity index (χ4n) is 4.22. The van der Waals surface area contributed by atoms with Gasteiger partial charge in [-0.3, -0.25) is 14.3 Å². The Kier molecular flexibility index (Phi) is 5.26. The normalized spacial score (nSPS) is 15.7. The summed E-state index contributed by atoms with van der Waals surface area (Å²) in [5.74, 6) is -0.157. The number of hydrogen-bond donors (Lipinski definition) is 2. The molecule has 0 saturated carbocycles. The number of nitrogens with one attached hydrogen (secondary N) is 1. The Morgan fingerprint density at radius 3 is 2.67 bits per heavy atom. The van der Waals surface area contributed by atoms with Crippen LogP contribution in [0.3, 0.4) is 0 Å². The molecule has 2 amide bonds. The van der Waals surface area contributed by atoms with Crippen molar-refractivity contribution in [1.29, 1.82) is 0 Å². The quantitative estimate of drug-likeness (QED) is 0.508. The lowest BCUT2D eigenvalue weighted by Gasteiger charge is -2.18. The van der Waals surface area contributed by atoms with E-state index in [0.717, 1.165) is 21.9 Å². The van der Waals surface area contributed by atoms with Gasteiger partial charge in [0.25, 0.3) is 11.8 Å². The van der Waals surface area contributed by atoms with Gasteiger partial charge in [-0.2, -0.15) is 5.10 Å². The lowest BCUT2D eigenvalue weighted by molar-refractivity contribution is 0.0783. The second-order valence-corrected chi connectivity index (χ2v) is 8.33. The Bertz CT molecular complexity index is 1360. The van der Waals surface area contributed by atoms with Gasteiger partial charge < -0.3 is 16.0 Å². The second-order valence-electron chi connectivity index (χ2n) is 8.33. The number of fused-ring (bicyclic) bond motifs is 1. The van der Waals surface area contributed by atoms with E-state index in [4.69, 9.17) is 5.73 Å². The number of nitrogen functional groups attached to an aromatic ring is 1. The maximum Gasteiger partial charge on any atom is 0.255 e. The summed E-state index contributed by atoms with van der Waals surface area (Å²) in [7, 11) is 1.83. The first-order chi connectivity index (χ1) is 16.0. The molecule has 2 aromatic heterocycles. The van der Waals surface area contributed by atoms with Crippen LogP contribution in [0.25, 0.3) is 21.9 Å². The molecule has 0 aliphatic carbocycles. The molecule has 1 aliphatic rings. The Labute approximate surface area is 191 Å². The zero-order valence-corrected chi connectivity index (χ0v) is 18.2. The summed E-state index contributed by atoms with van der Waals surface area (Å²) >= 11 is 0.